The lowest BCUT2D eigenvalue weighted by Crippen LogP contribution is -2.16. The Kier molecular flexibility index (Phi) is 7.43. The summed E-state index contributed by atoms with van der Waals surface area (Å²) >= 11 is 1.59. The molecule has 0 aliphatic rings. The number of esters is 1. The number of hydrogen-bond donors (Lipinski definition) is 1. The molecule has 1 N–H and O–H groups in total. The van der Waals surface area contributed by atoms with Crippen LogP contribution in [0.5, 0.6) is 0 Å². The van der Waals surface area contributed by atoms with Gasteiger partial charge in [-0.15, -0.1) is 11.3 Å². The van der Waals surface area contributed by atoms with Crippen molar-refractivity contribution < 1.29 is 9.53 Å². The van der Waals surface area contributed by atoms with Crippen molar-refractivity contribution in [2.24, 2.45) is 0 Å². The van der Waals surface area contributed by atoms with E-state index >= 15 is 0 Å². The predicted molar refractivity (Wildman–Crippen MR) is 78.7 cm³/mol. The molecule has 0 aromatic carbocycles. The monoisotopic (exact) mass is 285 g/mol. The highest BCUT2D eigenvalue weighted by molar-refractivity contribution is 7.13. The summed E-state index contributed by atoms with van der Waals surface area (Å²) in [4.78, 5) is 17.8. The van der Waals surface area contributed by atoms with Crippen molar-refractivity contribution in [2.75, 3.05) is 39.1 Å². The number of nitrogens with one attached hydrogen (secondary N) is 1. The van der Waals surface area contributed by atoms with Gasteiger partial charge in [0.2, 0.25) is 0 Å². The molecule has 6 heteroatoms. The van der Waals surface area contributed by atoms with Crippen LogP contribution in [0, 0.1) is 0 Å². The SMILES string of the molecule is CCOC(=O)CCc1csc(NCCCN(C)C)n1. The molecule has 0 aliphatic heterocycles. The summed E-state index contributed by atoms with van der Waals surface area (Å²) in [6, 6.07) is 0. The molecule has 5 nitrogen and oxygen atoms in total. The predicted octanol–water partition coefficient (Wildman–Crippen LogP) is 2.00. The van der Waals surface area contributed by atoms with Crippen LogP contribution in [0.2, 0.25) is 0 Å². The van der Waals surface area contributed by atoms with Crippen molar-refractivity contribution >= 4 is 22.4 Å². The number of nitrogens with zero attached hydrogens (tertiary/aromatic N) is 2. The van der Waals surface area contributed by atoms with E-state index < -0.39 is 0 Å². The Morgan fingerprint density at radius 1 is 1.53 bits per heavy atom. The Hall–Kier alpha value is -1.14. The van der Waals surface area contributed by atoms with Crippen molar-refractivity contribution in [3.05, 3.63) is 11.1 Å². The molecule has 0 radical (unpaired) electrons. The van der Waals surface area contributed by atoms with Crippen LogP contribution in [0.4, 0.5) is 5.13 Å². The highest BCUT2D eigenvalue weighted by Gasteiger charge is 2.06. The van der Waals surface area contributed by atoms with Crippen molar-refractivity contribution in [1.82, 2.24) is 9.88 Å². The number of carbonyl (C=O) groups is 1. The fraction of sp³-hybridized carbons (Fsp3) is 0.692. The second-order valence-electron chi connectivity index (χ2n) is 4.53. The first-order chi connectivity index (χ1) is 9.11. The molecule has 0 saturated heterocycles. The first kappa shape index (κ1) is 15.9. The summed E-state index contributed by atoms with van der Waals surface area (Å²) in [6.45, 7) is 4.24. The zero-order valence-electron chi connectivity index (χ0n) is 11.9. The molecule has 1 aromatic rings. The van der Waals surface area contributed by atoms with Crippen LogP contribution in [-0.2, 0) is 16.0 Å². The first-order valence-electron chi connectivity index (χ1n) is 6.60. The molecule has 0 amide bonds. The second-order valence-corrected chi connectivity index (χ2v) is 5.39. The van der Waals surface area contributed by atoms with Crippen molar-refractivity contribution in [3.8, 4) is 0 Å². The molecule has 1 aromatic heterocycles. The maximum Gasteiger partial charge on any atom is 0.306 e. The molecule has 0 bridgehead atoms. The lowest BCUT2D eigenvalue weighted by atomic mass is 10.2. The van der Waals surface area contributed by atoms with Gasteiger partial charge in [-0.1, -0.05) is 0 Å². The van der Waals surface area contributed by atoms with E-state index in [1.165, 1.54) is 0 Å². The van der Waals surface area contributed by atoms with Crippen LogP contribution in [0.25, 0.3) is 0 Å². The number of aryl methyl sites for hydroxylation is 1. The quantitative estimate of drug-likeness (QED) is 0.555. The van der Waals surface area contributed by atoms with Gasteiger partial charge >= 0.3 is 5.97 Å². The van der Waals surface area contributed by atoms with E-state index in [2.05, 4.69) is 29.3 Å². The molecule has 0 aliphatic carbocycles. The molecule has 19 heavy (non-hydrogen) atoms. The molecular weight excluding hydrogens is 262 g/mol. The Bertz CT molecular complexity index is 380. The topological polar surface area (TPSA) is 54.5 Å². The highest BCUT2D eigenvalue weighted by Crippen LogP contribution is 2.16. The second kappa shape index (κ2) is 8.87. The summed E-state index contributed by atoms with van der Waals surface area (Å²) in [5.74, 6) is -0.156. The number of thiazole rings is 1. The summed E-state index contributed by atoms with van der Waals surface area (Å²) in [7, 11) is 4.13. The van der Waals surface area contributed by atoms with E-state index in [1.54, 1.807) is 11.3 Å². The van der Waals surface area contributed by atoms with Crippen molar-refractivity contribution in [3.63, 3.8) is 0 Å². The number of rotatable bonds is 9. The largest absolute Gasteiger partial charge is 0.466 e. The Morgan fingerprint density at radius 3 is 3.00 bits per heavy atom. The minimum atomic E-state index is -0.156. The molecule has 0 spiro atoms. The lowest BCUT2D eigenvalue weighted by Gasteiger charge is -2.08. The van der Waals surface area contributed by atoms with E-state index in [1.807, 2.05) is 12.3 Å². The zero-order valence-corrected chi connectivity index (χ0v) is 12.8. The van der Waals surface area contributed by atoms with Crippen LogP contribution >= 0.6 is 11.3 Å². The number of carbonyl (C=O) groups excluding carboxylic acids is 1. The molecule has 1 heterocycles. The van der Waals surface area contributed by atoms with Crippen LogP contribution in [0.15, 0.2) is 5.38 Å². The fourth-order valence-corrected chi connectivity index (χ4v) is 2.33. The number of ether oxygens (including phenoxy) is 1. The standard InChI is InChI=1S/C13H23N3O2S/c1-4-18-12(17)7-6-11-10-19-13(15-11)14-8-5-9-16(2)3/h10H,4-9H2,1-3H3,(H,14,15). The summed E-state index contributed by atoms with van der Waals surface area (Å²) in [5.41, 5.74) is 0.952. The maximum atomic E-state index is 11.2. The van der Waals surface area contributed by atoms with Gasteiger partial charge in [0.25, 0.3) is 0 Å². The van der Waals surface area contributed by atoms with E-state index in [0.29, 0.717) is 19.4 Å². The van der Waals surface area contributed by atoms with Gasteiger partial charge in [0.15, 0.2) is 5.13 Å². The van der Waals surface area contributed by atoms with E-state index in [4.69, 9.17) is 4.74 Å². The molecule has 108 valence electrons. The van der Waals surface area contributed by atoms with Gasteiger partial charge in [-0.3, -0.25) is 4.79 Å². The number of aromatic nitrogens is 1. The number of anilines is 1. The third-order valence-corrected chi connectivity index (χ3v) is 3.35. The van der Waals surface area contributed by atoms with E-state index in [-0.39, 0.29) is 5.97 Å². The highest BCUT2D eigenvalue weighted by atomic mass is 32.1. The van der Waals surface area contributed by atoms with Gasteiger partial charge < -0.3 is 15.0 Å². The molecule has 0 atom stereocenters. The average molecular weight is 285 g/mol. The third kappa shape index (κ3) is 7.12. The smallest absolute Gasteiger partial charge is 0.306 e. The van der Waals surface area contributed by atoms with Gasteiger partial charge in [0.05, 0.1) is 18.7 Å². The summed E-state index contributed by atoms with van der Waals surface area (Å²) in [5, 5.41) is 6.22. The Labute approximate surface area is 119 Å². The summed E-state index contributed by atoms with van der Waals surface area (Å²) < 4.78 is 4.89. The molecule has 0 fully saturated rings. The summed E-state index contributed by atoms with van der Waals surface area (Å²) in [6.07, 6.45) is 2.14. The third-order valence-electron chi connectivity index (χ3n) is 2.50. The van der Waals surface area contributed by atoms with E-state index in [0.717, 1.165) is 30.3 Å². The molecule has 1 rings (SSSR count). The Morgan fingerprint density at radius 2 is 2.32 bits per heavy atom. The zero-order chi connectivity index (χ0) is 14.1. The fourth-order valence-electron chi connectivity index (χ4n) is 1.56. The van der Waals surface area contributed by atoms with Crippen molar-refractivity contribution in [2.45, 2.75) is 26.2 Å². The average Bonchev–Trinajstić information content (AvgIpc) is 2.80. The van der Waals surface area contributed by atoms with Crippen LogP contribution < -0.4 is 5.32 Å². The van der Waals surface area contributed by atoms with E-state index in [9.17, 15) is 4.79 Å². The van der Waals surface area contributed by atoms with Gasteiger partial charge in [0.1, 0.15) is 0 Å². The number of hydrogen-bond acceptors (Lipinski definition) is 6. The van der Waals surface area contributed by atoms with Gasteiger partial charge in [-0.25, -0.2) is 4.98 Å². The van der Waals surface area contributed by atoms with Crippen LogP contribution in [0.3, 0.4) is 0 Å². The van der Waals surface area contributed by atoms with Gasteiger partial charge in [-0.2, -0.15) is 0 Å². The normalized spacial score (nSPS) is 10.7. The lowest BCUT2D eigenvalue weighted by molar-refractivity contribution is -0.143. The van der Waals surface area contributed by atoms with Gasteiger partial charge in [0, 0.05) is 18.3 Å². The minimum absolute atomic E-state index is 0.156. The van der Waals surface area contributed by atoms with Crippen molar-refractivity contribution in [1.29, 1.82) is 0 Å². The maximum absolute atomic E-state index is 11.2. The molecule has 0 unspecified atom stereocenters. The first-order valence-corrected chi connectivity index (χ1v) is 7.48. The molecular formula is C13H23N3O2S. The van der Waals surface area contributed by atoms with Gasteiger partial charge in [-0.05, 0) is 34.0 Å². The Balaban J connectivity index is 2.22. The molecule has 0 saturated carbocycles. The van der Waals surface area contributed by atoms with Crippen LogP contribution in [-0.4, -0.2) is 49.6 Å². The minimum Gasteiger partial charge on any atom is -0.466 e. The van der Waals surface area contributed by atoms with Crippen LogP contribution in [0.1, 0.15) is 25.5 Å².